The number of unbranched alkanes of at least 4 members (excludes halogenated alkanes) is 11. The van der Waals surface area contributed by atoms with Crippen molar-refractivity contribution in [3.63, 3.8) is 0 Å². The second-order valence-electron chi connectivity index (χ2n) is 8.41. The van der Waals surface area contributed by atoms with Crippen LogP contribution in [0, 0.1) is 5.75 Å². The van der Waals surface area contributed by atoms with Crippen molar-refractivity contribution in [2.24, 2.45) is 5.73 Å². The average molecular weight is 448 g/mol. The van der Waals surface area contributed by atoms with E-state index in [-0.39, 0.29) is 21.1 Å². The van der Waals surface area contributed by atoms with E-state index in [2.05, 4.69) is 12.7 Å². The molecule has 0 saturated heterocycles. The number of rotatable bonds is 17. The van der Waals surface area contributed by atoms with Gasteiger partial charge in [0, 0.05) is 0 Å². The number of likely N-dealkylation sites (N-methyl/N-ethyl adjacent to an activating group) is 1. The van der Waals surface area contributed by atoms with E-state index in [0.29, 0.717) is 11.0 Å². The molecule has 0 aliphatic rings. The molecule has 0 aromatic heterocycles. The topological polar surface area (TPSA) is 104 Å². The molecule has 6 nitrogen and oxygen atoms in total. The van der Waals surface area contributed by atoms with Crippen LogP contribution in [0.1, 0.15) is 84.0 Å². The van der Waals surface area contributed by atoms with Gasteiger partial charge in [-0.2, -0.15) is 0 Å². The van der Waals surface area contributed by atoms with Crippen LogP contribution in [0.25, 0.3) is 0 Å². The molecule has 0 saturated carbocycles. The van der Waals surface area contributed by atoms with E-state index in [0.717, 1.165) is 6.42 Å². The molecule has 0 aliphatic carbocycles. The monoisotopic (exact) mass is 447 g/mol. The van der Waals surface area contributed by atoms with Gasteiger partial charge in [0.1, 0.15) is 0 Å². The maximum absolute atomic E-state index is 9.98. The Kier molecular flexibility index (Phi) is 24.6. The third kappa shape index (κ3) is 23.8. The molecule has 2 atom stereocenters. The number of hydrogen-bond donors (Lipinski definition) is 4. The zero-order valence-corrected chi connectivity index (χ0v) is 20.5. The first kappa shape index (κ1) is 31.7. The Bertz CT molecular complexity index is 494. The normalized spacial score (nSPS) is 13.4. The van der Waals surface area contributed by atoms with Gasteiger partial charge in [0.25, 0.3) is 0 Å². The number of nitrogens with zero attached hydrogens (tertiary/aromatic N) is 1. The number of aliphatic hydroxyl groups is 3. The Labute approximate surface area is 186 Å². The van der Waals surface area contributed by atoms with E-state index < -0.39 is 12.1 Å². The van der Waals surface area contributed by atoms with Crippen molar-refractivity contribution in [1.29, 1.82) is 0 Å². The van der Waals surface area contributed by atoms with E-state index in [1.54, 1.807) is 6.08 Å². The zero-order chi connectivity index (χ0) is 23.1. The fourth-order valence-electron chi connectivity index (χ4n) is 2.82. The first-order chi connectivity index (χ1) is 14.3. The summed E-state index contributed by atoms with van der Waals surface area (Å²) in [7, 11) is 3.54. The summed E-state index contributed by atoms with van der Waals surface area (Å²) in [4.78, 5) is 0. The minimum atomic E-state index is -0.720. The van der Waals surface area contributed by atoms with Crippen molar-refractivity contribution < 1.29 is 24.4 Å². The summed E-state index contributed by atoms with van der Waals surface area (Å²) in [6.45, 7) is 2.73. The molecule has 30 heavy (non-hydrogen) atoms. The van der Waals surface area contributed by atoms with Crippen molar-refractivity contribution in [2.45, 2.75) is 96.1 Å². The first-order valence-electron chi connectivity index (χ1n) is 11.6. The molecule has 178 valence electrons. The summed E-state index contributed by atoms with van der Waals surface area (Å²) in [5.74, 6) is 2.62. The van der Waals surface area contributed by atoms with E-state index in [1.165, 1.54) is 70.6 Å². The van der Waals surface area contributed by atoms with Crippen LogP contribution >= 0.6 is 7.92 Å². The van der Waals surface area contributed by atoms with E-state index in [4.69, 9.17) is 15.9 Å². The van der Waals surface area contributed by atoms with E-state index >= 15 is 0 Å². The van der Waals surface area contributed by atoms with Gasteiger partial charge in [-0.15, -0.1) is 0 Å². The number of hydrogen-bond acceptors (Lipinski definition) is 5. The summed E-state index contributed by atoms with van der Waals surface area (Å²) >= 11 is 0. The molecule has 0 aromatic rings. The maximum atomic E-state index is 9.98. The van der Waals surface area contributed by atoms with Gasteiger partial charge in [-0.1, -0.05) is 83.3 Å². The molecule has 0 unspecified atom stereocenters. The van der Waals surface area contributed by atoms with Gasteiger partial charge in [-0.25, -0.2) is 0 Å². The van der Waals surface area contributed by atoms with Gasteiger partial charge in [-0.3, -0.25) is 0 Å². The molecule has 0 fully saturated rings. The van der Waals surface area contributed by atoms with Crippen LogP contribution in [0.15, 0.2) is 12.2 Å². The number of quaternary nitrogens is 1. The Morgan fingerprint density at radius 3 is 1.90 bits per heavy atom. The van der Waals surface area contributed by atoms with Crippen LogP contribution < -0.4 is 5.73 Å². The fourth-order valence-corrected chi connectivity index (χ4v) is 3.14. The van der Waals surface area contributed by atoms with Crippen molar-refractivity contribution in [3.05, 3.63) is 12.2 Å². The zero-order valence-electron chi connectivity index (χ0n) is 19.6. The molecular weight excluding hydrogens is 399 g/mol. The molecule has 0 aromatic carbocycles. The van der Waals surface area contributed by atoms with Gasteiger partial charge in [-0.05, 0) is 12.8 Å². The molecule has 0 spiro atoms. The van der Waals surface area contributed by atoms with E-state index in [9.17, 15) is 9.67 Å². The second kappa shape index (κ2) is 23.2. The predicted molar refractivity (Wildman–Crippen MR) is 127 cm³/mol. The van der Waals surface area contributed by atoms with Gasteiger partial charge < -0.3 is 15.9 Å². The second-order valence-corrected chi connectivity index (χ2v) is 8.80. The molecule has 0 heterocycles. The van der Waals surface area contributed by atoms with Crippen LogP contribution in [0.2, 0.25) is 0 Å². The summed E-state index contributed by atoms with van der Waals surface area (Å²) in [5, 5.41) is 26.8. The molecule has 0 rings (SSSR count). The number of nitrogens with two attached hydrogens (primary N) is 1. The van der Waals surface area contributed by atoms with Crippen LogP contribution in [-0.4, -0.2) is 65.8 Å². The van der Waals surface area contributed by atoms with Crippen LogP contribution in [0.4, 0.5) is 0 Å². The van der Waals surface area contributed by atoms with Crippen molar-refractivity contribution in [1.82, 2.24) is 0 Å². The Balaban J connectivity index is 0. The fraction of sp³-hybridized carbons (Fsp3) is 0.870. The summed E-state index contributed by atoms with van der Waals surface area (Å²) < 4.78 is 10.3. The Morgan fingerprint density at radius 1 is 0.967 bits per heavy atom. The summed E-state index contributed by atoms with van der Waals surface area (Å²) in [5.41, 5.74) is 5.51. The molecule has 0 radical (unpaired) electrons. The van der Waals surface area contributed by atoms with Crippen LogP contribution in [0.3, 0.4) is 0 Å². The standard InChI is InChI=1S/C18H37NO2.C5H11NO2P/c1-2-3-4-5-6-7-8-9-10-11-12-13-14-15-18(21)17(19)16-20;1-6(2,3-4-7)5-9-8/h14-15,17-18,20-21H,2-13,16,19H2,1H3;7H,3-4H2,1-2H3/q;+1/b15-14+;/t17-,18+;/m0./s1. The van der Waals surface area contributed by atoms with Gasteiger partial charge in [0.2, 0.25) is 0 Å². The molecule has 7 heteroatoms. The third-order valence-corrected chi connectivity index (χ3v) is 5.55. The van der Waals surface area contributed by atoms with E-state index in [1.807, 2.05) is 20.2 Å². The Morgan fingerprint density at radius 2 is 1.47 bits per heavy atom. The number of aliphatic hydroxyl groups excluding tert-OH is 3. The minimum absolute atomic E-state index is 0.0928. The van der Waals surface area contributed by atoms with Gasteiger partial charge in [0.15, 0.2) is 0 Å². The SMILES string of the molecule is CCCCCCCCCCCCC/C=C/[C@@H](O)[C@@H](N)CO.C[N+](C)(C#P=O)CCO. The predicted octanol–water partition coefficient (Wildman–Crippen LogP) is 4.19. The first-order valence-corrected chi connectivity index (χ1v) is 12.4. The molecule has 5 N–H and O–H groups in total. The molecule has 0 aliphatic heterocycles. The summed E-state index contributed by atoms with van der Waals surface area (Å²) in [6, 6.07) is -0.557. The van der Waals surface area contributed by atoms with Crippen molar-refractivity contribution >= 4 is 7.92 Å². The average Bonchev–Trinajstić information content (AvgIpc) is 2.71. The van der Waals surface area contributed by atoms with Crippen LogP contribution in [0.5, 0.6) is 0 Å². The Hall–Kier alpha value is -0.450. The van der Waals surface area contributed by atoms with Gasteiger partial charge in [0.05, 0.1) is 18.8 Å². The van der Waals surface area contributed by atoms with Crippen molar-refractivity contribution in [3.8, 4) is 5.75 Å². The van der Waals surface area contributed by atoms with Crippen LogP contribution in [-0.2, 0) is 4.57 Å². The van der Waals surface area contributed by atoms with Gasteiger partial charge >= 0.3 is 55.1 Å². The molecule has 0 amide bonds. The molecular formula is C23H48N2O4P+. The summed E-state index contributed by atoms with van der Waals surface area (Å²) in [6.07, 6.45) is 18.8. The quantitative estimate of drug-likeness (QED) is 0.116. The van der Waals surface area contributed by atoms with Crippen molar-refractivity contribution in [2.75, 3.05) is 33.9 Å². The third-order valence-electron chi connectivity index (χ3n) is 4.93. The molecule has 0 bridgehead atoms. The number of allylic oxidation sites excluding steroid dienone is 1.